The van der Waals surface area contributed by atoms with Gasteiger partial charge in [0.05, 0.1) is 12.9 Å². The lowest BCUT2D eigenvalue weighted by Crippen LogP contribution is -2.49. The molecule has 0 radical (unpaired) electrons. The first-order chi connectivity index (χ1) is 13.8. The van der Waals surface area contributed by atoms with Crippen LogP contribution < -0.4 is 0 Å². The lowest BCUT2D eigenvalue weighted by molar-refractivity contribution is -0.0465. The minimum atomic E-state index is 0.396. The topological polar surface area (TPSA) is 9.23 Å². The highest BCUT2D eigenvalue weighted by atomic mass is 16.5. The summed E-state index contributed by atoms with van der Waals surface area (Å²) in [6.07, 6.45) is 19.0. The summed E-state index contributed by atoms with van der Waals surface area (Å²) in [4.78, 5) is 0. The molecule has 4 aliphatic carbocycles. The Hall–Kier alpha value is -0.720. The van der Waals surface area contributed by atoms with Crippen LogP contribution in [0.1, 0.15) is 98.8 Å². The third kappa shape index (κ3) is 3.63. The summed E-state index contributed by atoms with van der Waals surface area (Å²) in [5, 5.41) is 0. The van der Waals surface area contributed by atoms with Crippen molar-refractivity contribution in [1.29, 1.82) is 0 Å². The van der Waals surface area contributed by atoms with E-state index in [9.17, 15) is 0 Å². The van der Waals surface area contributed by atoms with Crippen molar-refractivity contribution in [3.8, 4) is 0 Å². The maximum atomic E-state index is 5.61. The van der Waals surface area contributed by atoms with Gasteiger partial charge in [0, 0.05) is 6.42 Å². The van der Waals surface area contributed by atoms with Gasteiger partial charge in [-0.3, -0.25) is 0 Å². The zero-order valence-corrected chi connectivity index (χ0v) is 20.1. The van der Waals surface area contributed by atoms with Crippen molar-refractivity contribution in [2.75, 3.05) is 7.11 Å². The molecule has 0 aromatic heterocycles. The second-order valence-corrected chi connectivity index (χ2v) is 12.0. The standard InChI is InChI=1S/C28H46O/c1-19(2)8-7-9-20(3)24-12-13-25-23-11-10-21-18-22(29-6)14-16-27(21,4)26(23)15-17-28(24,25)5/h10,18-20,23-26H,7-9,11-17H2,1-6H3/t20-,23+,24-,25+,26+,27-,28+/m0/s1. The van der Waals surface area contributed by atoms with Crippen LogP contribution in [0, 0.1) is 46.3 Å². The van der Waals surface area contributed by atoms with Gasteiger partial charge in [-0.15, -0.1) is 0 Å². The smallest absolute Gasteiger partial charge is 0.0958 e. The predicted octanol–water partition coefficient (Wildman–Crippen LogP) is 8.17. The Balaban J connectivity index is 1.51. The molecule has 0 aromatic rings. The van der Waals surface area contributed by atoms with E-state index in [1.807, 2.05) is 7.11 Å². The Morgan fingerprint density at radius 3 is 2.55 bits per heavy atom. The van der Waals surface area contributed by atoms with Crippen molar-refractivity contribution in [3.05, 3.63) is 23.5 Å². The molecule has 0 aromatic carbocycles. The molecular formula is C28H46O. The second kappa shape index (κ2) is 8.08. The maximum Gasteiger partial charge on any atom is 0.0958 e. The number of hydrogen-bond donors (Lipinski definition) is 0. The highest BCUT2D eigenvalue weighted by Crippen LogP contribution is 2.67. The molecule has 0 unspecified atom stereocenters. The molecule has 0 N–H and O–H groups in total. The predicted molar refractivity (Wildman–Crippen MR) is 124 cm³/mol. The molecule has 0 amide bonds. The highest BCUT2D eigenvalue weighted by Gasteiger charge is 2.58. The van der Waals surface area contributed by atoms with E-state index in [-0.39, 0.29) is 0 Å². The number of fused-ring (bicyclic) bond motifs is 5. The van der Waals surface area contributed by atoms with Crippen molar-refractivity contribution < 1.29 is 4.74 Å². The molecule has 1 nitrogen and oxygen atoms in total. The summed E-state index contributed by atoms with van der Waals surface area (Å²) in [6.45, 7) is 12.6. The van der Waals surface area contributed by atoms with E-state index < -0.39 is 0 Å². The zero-order chi connectivity index (χ0) is 20.8. The van der Waals surface area contributed by atoms with E-state index in [0.717, 1.165) is 41.9 Å². The van der Waals surface area contributed by atoms with Crippen LogP contribution in [0.5, 0.6) is 0 Å². The Morgan fingerprint density at radius 1 is 1.03 bits per heavy atom. The number of hydrogen-bond acceptors (Lipinski definition) is 1. The lowest BCUT2D eigenvalue weighted by Gasteiger charge is -2.57. The Labute approximate surface area is 180 Å². The van der Waals surface area contributed by atoms with Gasteiger partial charge in [-0.05, 0) is 96.5 Å². The number of allylic oxidation sites excluding steroid dienone is 4. The average Bonchev–Trinajstić information content (AvgIpc) is 3.04. The molecule has 164 valence electrons. The number of methoxy groups -OCH3 is 1. The molecule has 4 rings (SSSR count). The molecule has 0 aliphatic heterocycles. The van der Waals surface area contributed by atoms with E-state index in [1.165, 1.54) is 63.5 Å². The van der Waals surface area contributed by atoms with Gasteiger partial charge in [-0.2, -0.15) is 0 Å². The van der Waals surface area contributed by atoms with Crippen molar-refractivity contribution in [1.82, 2.24) is 0 Å². The van der Waals surface area contributed by atoms with E-state index in [1.54, 1.807) is 5.57 Å². The fourth-order valence-electron chi connectivity index (χ4n) is 8.49. The van der Waals surface area contributed by atoms with Crippen LogP contribution in [0.15, 0.2) is 23.5 Å². The van der Waals surface area contributed by atoms with Crippen LogP contribution in [-0.2, 0) is 4.74 Å². The first-order valence-corrected chi connectivity index (χ1v) is 12.7. The molecule has 2 saturated carbocycles. The van der Waals surface area contributed by atoms with Crippen LogP contribution in [-0.4, -0.2) is 7.11 Å². The monoisotopic (exact) mass is 398 g/mol. The summed E-state index contributed by atoms with van der Waals surface area (Å²) in [7, 11) is 1.84. The average molecular weight is 399 g/mol. The van der Waals surface area contributed by atoms with Crippen LogP contribution in [0.2, 0.25) is 0 Å². The van der Waals surface area contributed by atoms with Gasteiger partial charge in [0.15, 0.2) is 0 Å². The summed E-state index contributed by atoms with van der Waals surface area (Å²) < 4.78 is 5.61. The summed E-state index contributed by atoms with van der Waals surface area (Å²) in [5.74, 6) is 6.71. The Morgan fingerprint density at radius 2 is 1.83 bits per heavy atom. The molecule has 0 spiro atoms. The molecule has 4 aliphatic rings. The van der Waals surface area contributed by atoms with Crippen molar-refractivity contribution >= 4 is 0 Å². The lowest BCUT2D eigenvalue weighted by atomic mass is 9.47. The molecule has 0 heterocycles. The summed E-state index contributed by atoms with van der Waals surface area (Å²) in [6, 6.07) is 0. The van der Waals surface area contributed by atoms with Crippen LogP contribution in [0.3, 0.4) is 0 Å². The Kier molecular flexibility index (Phi) is 6.00. The maximum absolute atomic E-state index is 5.61. The molecule has 0 bridgehead atoms. The third-order valence-electron chi connectivity index (χ3n) is 10.2. The SMILES string of the molecule is COC1=CC2=CC[C@@H]3[C@H]4CC[C@@H]([C@@H](C)CCCC(C)C)[C@@]4(C)CC[C@H]3[C@@]2(C)CC1. The first-order valence-electron chi connectivity index (χ1n) is 12.7. The van der Waals surface area contributed by atoms with Gasteiger partial charge in [0.25, 0.3) is 0 Å². The van der Waals surface area contributed by atoms with Crippen LogP contribution in [0.25, 0.3) is 0 Å². The molecule has 29 heavy (non-hydrogen) atoms. The van der Waals surface area contributed by atoms with Gasteiger partial charge < -0.3 is 4.74 Å². The fraction of sp³-hybridized carbons (Fsp3) is 0.857. The van der Waals surface area contributed by atoms with Crippen LogP contribution in [0.4, 0.5) is 0 Å². The van der Waals surface area contributed by atoms with Crippen molar-refractivity contribution in [2.45, 2.75) is 98.8 Å². The van der Waals surface area contributed by atoms with E-state index in [4.69, 9.17) is 4.74 Å². The summed E-state index contributed by atoms with van der Waals surface area (Å²) in [5.41, 5.74) is 2.59. The van der Waals surface area contributed by atoms with Crippen molar-refractivity contribution in [2.24, 2.45) is 46.3 Å². The molecule has 0 saturated heterocycles. The molecule has 2 fully saturated rings. The normalized spacial score (nSPS) is 42.4. The van der Waals surface area contributed by atoms with Gasteiger partial charge in [0.2, 0.25) is 0 Å². The first kappa shape index (κ1) is 21.5. The summed E-state index contributed by atoms with van der Waals surface area (Å²) >= 11 is 0. The number of ether oxygens (including phenoxy) is 1. The fourth-order valence-corrected chi connectivity index (χ4v) is 8.49. The Bertz CT molecular complexity index is 657. The molecule has 7 atom stereocenters. The van der Waals surface area contributed by atoms with Gasteiger partial charge >= 0.3 is 0 Å². The number of rotatable bonds is 6. The van der Waals surface area contributed by atoms with Gasteiger partial charge in [0.1, 0.15) is 0 Å². The van der Waals surface area contributed by atoms with Gasteiger partial charge in [-0.1, -0.05) is 60.0 Å². The highest BCUT2D eigenvalue weighted by molar-refractivity contribution is 5.35. The zero-order valence-electron chi connectivity index (χ0n) is 20.1. The van der Waals surface area contributed by atoms with Crippen LogP contribution >= 0.6 is 0 Å². The third-order valence-corrected chi connectivity index (χ3v) is 10.2. The second-order valence-electron chi connectivity index (χ2n) is 12.0. The van der Waals surface area contributed by atoms with E-state index in [2.05, 4.69) is 46.8 Å². The van der Waals surface area contributed by atoms with Gasteiger partial charge in [-0.25, -0.2) is 0 Å². The molecule has 1 heteroatoms. The van der Waals surface area contributed by atoms with E-state index in [0.29, 0.717) is 10.8 Å². The van der Waals surface area contributed by atoms with E-state index >= 15 is 0 Å². The minimum absolute atomic E-state index is 0.396. The molecular weight excluding hydrogens is 352 g/mol. The quantitative estimate of drug-likeness (QED) is 0.438. The van der Waals surface area contributed by atoms with Crippen molar-refractivity contribution in [3.63, 3.8) is 0 Å². The minimum Gasteiger partial charge on any atom is -0.501 e. The largest absolute Gasteiger partial charge is 0.501 e.